The molecule has 4 heteroatoms. The zero-order valence-corrected chi connectivity index (χ0v) is 17.1. The van der Waals surface area contributed by atoms with E-state index in [4.69, 9.17) is 28.9 Å². The lowest BCUT2D eigenvalue weighted by molar-refractivity contribution is 0.590. The van der Waals surface area contributed by atoms with Crippen LogP contribution in [0.25, 0.3) is 22.2 Å². The summed E-state index contributed by atoms with van der Waals surface area (Å²) in [6.45, 7) is 7.39. The number of nitrogens with one attached hydrogen (secondary N) is 1. The lowest BCUT2D eigenvalue weighted by Gasteiger charge is -2.19. The van der Waals surface area contributed by atoms with Crippen molar-refractivity contribution in [3.05, 3.63) is 57.6 Å². The quantitative estimate of drug-likeness (QED) is 0.467. The molecule has 0 fully saturated rings. The average molecular weight is 389 g/mol. The van der Waals surface area contributed by atoms with Gasteiger partial charge in [-0.15, -0.1) is 0 Å². The van der Waals surface area contributed by atoms with E-state index >= 15 is 0 Å². The molecular weight excluding hydrogens is 363 g/mol. The Balaban J connectivity index is 2.11. The molecule has 3 N–H and O–H groups in total. The SMILES string of the molecule is CC(C)(C)c1ccc(-c2[nH]c3c(Cl)cc(Cl)cc3c2CCCCN)cc1. The van der Waals surface area contributed by atoms with Crippen molar-refractivity contribution < 1.29 is 0 Å². The van der Waals surface area contributed by atoms with Crippen molar-refractivity contribution in [2.75, 3.05) is 6.54 Å². The third kappa shape index (κ3) is 3.93. The zero-order valence-electron chi connectivity index (χ0n) is 15.6. The number of nitrogens with two attached hydrogens (primary N) is 1. The molecule has 2 aromatic carbocycles. The summed E-state index contributed by atoms with van der Waals surface area (Å²) in [7, 11) is 0. The van der Waals surface area contributed by atoms with Crippen molar-refractivity contribution in [2.45, 2.75) is 45.4 Å². The van der Waals surface area contributed by atoms with E-state index in [1.807, 2.05) is 6.07 Å². The summed E-state index contributed by atoms with van der Waals surface area (Å²) in [5.74, 6) is 0. The first-order valence-corrected chi connectivity index (χ1v) is 9.87. The fourth-order valence-electron chi connectivity index (χ4n) is 3.36. The second-order valence-electron chi connectivity index (χ2n) is 7.86. The van der Waals surface area contributed by atoms with Gasteiger partial charge >= 0.3 is 0 Å². The van der Waals surface area contributed by atoms with E-state index in [9.17, 15) is 0 Å². The summed E-state index contributed by atoms with van der Waals surface area (Å²) in [5.41, 5.74) is 11.7. The Kier molecular flexibility index (Phi) is 5.67. The largest absolute Gasteiger partial charge is 0.353 e. The summed E-state index contributed by atoms with van der Waals surface area (Å²) < 4.78 is 0. The topological polar surface area (TPSA) is 41.8 Å². The number of aryl methyl sites for hydroxylation is 1. The molecule has 0 radical (unpaired) electrons. The Bertz CT molecular complexity index is 903. The number of aromatic nitrogens is 1. The number of hydrogen-bond donors (Lipinski definition) is 2. The predicted molar refractivity (Wildman–Crippen MR) is 114 cm³/mol. The molecule has 0 aliphatic heterocycles. The molecule has 0 unspecified atom stereocenters. The number of rotatable bonds is 5. The van der Waals surface area contributed by atoms with Crippen LogP contribution in [0.2, 0.25) is 10.0 Å². The van der Waals surface area contributed by atoms with Crippen LogP contribution in [0.4, 0.5) is 0 Å². The lowest BCUT2D eigenvalue weighted by atomic mass is 9.86. The second kappa shape index (κ2) is 7.64. The monoisotopic (exact) mass is 388 g/mol. The van der Waals surface area contributed by atoms with Gasteiger partial charge in [0.05, 0.1) is 10.5 Å². The van der Waals surface area contributed by atoms with Crippen molar-refractivity contribution in [1.82, 2.24) is 4.98 Å². The molecule has 0 saturated carbocycles. The normalized spacial score (nSPS) is 12.1. The fraction of sp³-hybridized carbons (Fsp3) is 0.364. The van der Waals surface area contributed by atoms with Gasteiger partial charge in [-0.1, -0.05) is 68.2 Å². The van der Waals surface area contributed by atoms with E-state index in [0.717, 1.165) is 35.9 Å². The Morgan fingerprint density at radius 3 is 2.31 bits per heavy atom. The summed E-state index contributed by atoms with van der Waals surface area (Å²) in [6.07, 6.45) is 2.99. The molecule has 3 rings (SSSR count). The van der Waals surface area contributed by atoms with Crippen molar-refractivity contribution in [1.29, 1.82) is 0 Å². The van der Waals surface area contributed by atoms with Crippen LogP contribution in [0.3, 0.4) is 0 Å². The van der Waals surface area contributed by atoms with Crippen LogP contribution in [0.5, 0.6) is 0 Å². The number of fused-ring (bicyclic) bond motifs is 1. The van der Waals surface area contributed by atoms with Gasteiger partial charge in [-0.05, 0) is 60.0 Å². The molecule has 26 heavy (non-hydrogen) atoms. The van der Waals surface area contributed by atoms with Crippen LogP contribution in [0.1, 0.15) is 44.7 Å². The third-order valence-electron chi connectivity index (χ3n) is 4.85. The van der Waals surface area contributed by atoms with E-state index in [0.29, 0.717) is 16.6 Å². The Morgan fingerprint density at radius 2 is 1.69 bits per heavy atom. The van der Waals surface area contributed by atoms with Gasteiger partial charge in [-0.3, -0.25) is 0 Å². The van der Waals surface area contributed by atoms with Gasteiger partial charge in [-0.25, -0.2) is 0 Å². The number of hydrogen-bond acceptors (Lipinski definition) is 1. The summed E-state index contributed by atoms with van der Waals surface area (Å²) >= 11 is 12.7. The average Bonchev–Trinajstić information content (AvgIpc) is 2.93. The second-order valence-corrected chi connectivity index (χ2v) is 8.71. The van der Waals surface area contributed by atoms with Crippen molar-refractivity contribution in [3.8, 4) is 11.3 Å². The van der Waals surface area contributed by atoms with Crippen molar-refractivity contribution >= 4 is 34.1 Å². The highest BCUT2D eigenvalue weighted by atomic mass is 35.5. The summed E-state index contributed by atoms with van der Waals surface area (Å²) in [4.78, 5) is 3.54. The number of halogens is 2. The zero-order chi connectivity index (χ0) is 18.9. The molecule has 2 nitrogen and oxygen atoms in total. The van der Waals surface area contributed by atoms with Crippen LogP contribution in [0.15, 0.2) is 36.4 Å². The molecule has 0 spiro atoms. The molecule has 0 atom stereocenters. The highest BCUT2D eigenvalue weighted by Crippen LogP contribution is 2.37. The van der Waals surface area contributed by atoms with Crippen molar-refractivity contribution in [2.24, 2.45) is 5.73 Å². The number of benzene rings is 2. The fourth-order valence-corrected chi connectivity index (χ4v) is 3.90. The van der Waals surface area contributed by atoms with Crippen LogP contribution in [-0.2, 0) is 11.8 Å². The van der Waals surface area contributed by atoms with Crippen molar-refractivity contribution in [3.63, 3.8) is 0 Å². The molecule has 138 valence electrons. The minimum absolute atomic E-state index is 0.139. The first-order chi connectivity index (χ1) is 12.3. The standard InChI is InChI=1S/C22H26Cl2N2/c1-22(2,3)15-9-7-14(8-10-15)20-17(6-4-5-11-25)18-12-16(23)13-19(24)21(18)26-20/h7-10,12-13,26H,4-6,11,25H2,1-3H3. The Morgan fingerprint density at radius 1 is 1.00 bits per heavy atom. The maximum atomic E-state index is 6.45. The predicted octanol–water partition coefficient (Wildman–Crippen LogP) is 6.72. The smallest absolute Gasteiger partial charge is 0.0662 e. The number of aromatic amines is 1. The first kappa shape index (κ1) is 19.3. The van der Waals surface area contributed by atoms with Gasteiger partial charge in [0.25, 0.3) is 0 Å². The van der Waals surface area contributed by atoms with E-state index in [1.54, 1.807) is 6.07 Å². The molecule has 0 bridgehead atoms. The van der Waals surface area contributed by atoms with E-state index in [-0.39, 0.29) is 5.41 Å². The highest BCUT2D eigenvalue weighted by Gasteiger charge is 2.17. The number of unbranched alkanes of at least 4 members (excludes halogenated alkanes) is 1. The maximum Gasteiger partial charge on any atom is 0.0662 e. The van der Waals surface area contributed by atoms with E-state index in [1.165, 1.54) is 16.7 Å². The third-order valence-corrected chi connectivity index (χ3v) is 5.37. The van der Waals surface area contributed by atoms with Crippen LogP contribution < -0.4 is 5.73 Å². The molecule has 3 aromatic rings. The molecule has 1 aromatic heterocycles. The summed E-state index contributed by atoms with van der Waals surface area (Å²) in [6, 6.07) is 12.6. The van der Waals surface area contributed by atoms with Gasteiger partial charge < -0.3 is 10.7 Å². The van der Waals surface area contributed by atoms with Crippen LogP contribution in [-0.4, -0.2) is 11.5 Å². The van der Waals surface area contributed by atoms with Gasteiger partial charge in [-0.2, -0.15) is 0 Å². The van der Waals surface area contributed by atoms with Gasteiger partial charge in [0, 0.05) is 16.1 Å². The highest BCUT2D eigenvalue weighted by molar-refractivity contribution is 6.38. The van der Waals surface area contributed by atoms with E-state index in [2.05, 4.69) is 50.0 Å². The molecule has 0 saturated heterocycles. The number of H-pyrrole nitrogens is 1. The van der Waals surface area contributed by atoms with Gasteiger partial charge in [0.15, 0.2) is 0 Å². The summed E-state index contributed by atoms with van der Waals surface area (Å²) in [5, 5.41) is 2.43. The minimum Gasteiger partial charge on any atom is -0.353 e. The molecule has 0 aliphatic carbocycles. The molecule has 0 aliphatic rings. The van der Waals surface area contributed by atoms with Gasteiger partial charge in [0.2, 0.25) is 0 Å². The van der Waals surface area contributed by atoms with Crippen LogP contribution >= 0.6 is 23.2 Å². The first-order valence-electron chi connectivity index (χ1n) is 9.12. The van der Waals surface area contributed by atoms with Crippen LogP contribution in [0, 0.1) is 0 Å². The lowest BCUT2D eigenvalue weighted by Crippen LogP contribution is -2.10. The minimum atomic E-state index is 0.139. The Labute approximate surface area is 165 Å². The molecule has 1 heterocycles. The molecule has 0 amide bonds. The maximum absolute atomic E-state index is 6.45. The van der Waals surface area contributed by atoms with Gasteiger partial charge in [0.1, 0.15) is 0 Å². The van der Waals surface area contributed by atoms with E-state index < -0.39 is 0 Å². The Hall–Kier alpha value is -1.48. The molecular formula is C22H26Cl2N2.